The Morgan fingerprint density at radius 3 is 2.53 bits per heavy atom. The average molecular weight is 453 g/mol. The van der Waals surface area contributed by atoms with Gasteiger partial charge >= 0.3 is 5.97 Å². The Morgan fingerprint density at radius 2 is 1.88 bits per heavy atom. The number of allylic oxidation sites excluding steroid dienone is 1. The van der Waals surface area contributed by atoms with Crippen molar-refractivity contribution in [2.45, 2.75) is 12.5 Å². The molecule has 32 heavy (non-hydrogen) atoms. The zero-order chi connectivity index (χ0) is 23.1. The predicted octanol–water partition coefficient (Wildman–Crippen LogP) is 2.61. The molecular formula is C23H20FN3O4S. The number of halogens is 1. The van der Waals surface area contributed by atoms with Gasteiger partial charge in [0.1, 0.15) is 11.7 Å². The van der Waals surface area contributed by atoms with E-state index in [0.29, 0.717) is 6.54 Å². The third kappa shape index (κ3) is 5.15. The van der Waals surface area contributed by atoms with Crippen LogP contribution in [0, 0.1) is 23.1 Å². The molecule has 2 N–H and O–H groups in total. The maximum absolute atomic E-state index is 14.6. The van der Waals surface area contributed by atoms with Gasteiger partial charge in [0.15, 0.2) is 0 Å². The van der Waals surface area contributed by atoms with E-state index in [0.717, 1.165) is 24.4 Å². The van der Waals surface area contributed by atoms with Crippen LogP contribution in [0.25, 0.3) is 0 Å². The van der Waals surface area contributed by atoms with Gasteiger partial charge < -0.3 is 15.4 Å². The second-order valence-corrected chi connectivity index (χ2v) is 7.88. The molecule has 9 heteroatoms. The Balaban J connectivity index is 1.84. The molecule has 0 aromatic heterocycles. The van der Waals surface area contributed by atoms with Gasteiger partial charge in [-0.25, -0.2) is 4.39 Å². The van der Waals surface area contributed by atoms with Gasteiger partial charge in [0.05, 0.1) is 29.5 Å². The molecule has 0 bridgehead atoms. The second-order valence-electron chi connectivity index (χ2n) is 6.89. The summed E-state index contributed by atoms with van der Waals surface area (Å²) in [5.74, 6) is -5.25. The van der Waals surface area contributed by atoms with E-state index >= 15 is 0 Å². The van der Waals surface area contributed by atoms with Gasteiger partial charge in [-0.3, -0.25) is 14.4 Å². The average Bonchev–Trinajstić information content (AvgIpc) is 2.81. The molecule has 1 aliphatic rings. The second kappa shape index (κ2) is 10.6. The van der Waals surface area contributed by atoms with Crippen LogP contribution in [0.2, 0.25) is 0 Å². The number of methoxy groups -OCH3 is 1. The Bertz CT molecular complexity index is 1100. The largest absolute Gasteiger partial charge is 0.468 e. The number of amides is 2. The highest BCUT2D eigenvalue weighted by atomic mass is 32.2. The van der Waals surface area contributed by atoms with Gasteiger partial charge in [0, 0.05) is 12.5 Å². The smallest absolute Gasteiger partial charge is 0.319 e. The molecule has 0 fully saturated rings. The van der Waals surface area contributed by atoms with Crippen LogP contribution in [0.4, 0.5) is 4.39 Å². The van der Waals surface area contributed by atoms with E-state index in [1.165, 1.54) is 18.2 Å². The summed E-state index contributed by atoms with van der Waals surface area (Å²) in [6.45, 7) is 0.332. The molecule has 2 amide bonds. The number of hydrogen-bond acceptors (Lipinski definition) is 6. The summed E-state index contributed by atoms with van der Waals surface area (Å²) in [5, 5.41) is 15.2. The number of carbonyl (C=O) groups is 3. The highest BCUT2D eigenvalue weighted by Crippen LogP contribution is 2.40. The lowest BCUT2D eigenvalue weighted by molar-refractivity contribution is -0.150. The number of esters is 1. The van der Waals surface area contributed by atoms with Crippen molar-refractivity contribution in [1.82, 2.24) is 10.6 Å². The number of hydrogen-bond donors (Lipinski definition) is 2. The normalized spacial score (nSPS) is 17.8. The van der Waals surface area contributed by atoms with Crippen molar-refractivity contribution >= 4 is 29.5 Å². The van der Waals surface area contributed by atoms with Crippen molar-refractivity contribution in [1.29, 1.82) is 5.26 Å². The fraction of sp³-hybridized carbons (Fsp3) is 0.217. The van der Waals surface area contributed by atoms with Crippen LogP contribution in [-0.4, -0.2) is 30.6 Å². The van der Waals surface area contributed by atoms with Crippen LogP contribution in [0.5, 0.6) is 0 Å². The summed E-state index contributed by atoms with van der Waals surface area (Å²) in [6, 6.07) is 16.9. The lowest BCUT2D eigenvalue weighted by atomic mass is 9.78. The molecular weight excluding hydrogens is 433 g/mol. The van der Waals surface area contributed by atoms with Crippen molar-refractivity contribution in [3.05, 3.63) is 82.1 Å². The first-order valence-electron chi connectivity index (χ1n) is 9.67. The number of nitrogens with one attached hydrogen (secondary N) is 2. The van der Waals surface area contributed by atoms with Gasteiger partial charge in [-0.2, -0.15) is 5.26 Å². The number of carbonyl (C=O) groups excluding carboxylic acids is 3. The molecule has 164 valence electrons. The molecule has 1 heterocycles. The fourth-order valence-electron chi connectivity index (χ4n) is 3.37. The third-order valence-corrected chi connectivity index (χ3v) is 5.92. The molecule has 0 unspecified atom stereocenters. The zero-order valence-corrected chi connectivity index (χ0v) is 17.9. The van der Waals surface area contributed by atoms with E-state index in [1.807, 2.05) is 36.4 Å². The quantitative estimate of drug-likeness (QED) is 0.493. The predicted molar refractivity (Wildman–Crippen MR) is 116 cm³/mol. The van der Waals surface area contributed by atoms with Crippen LogP contribution < -0.4 is 10.6 Å². The highest BCUT2D eigenvalue weighted by molar-refractivity contribution is 8.03. The van der Waals surface area contributed by atoms with Gasteiger partial charge in [0.25, 0.3) is 0 Å². The van der Waals surface area contributed by atoms with Crippen molar-refractivity contribution < 1.29 is 23.5 Å². The lowest BCUT2D eigenvalue weighted by Crippen LogP contribution is -2.44. The number of thioether (sulfide) groups is 1. The first-order valence-corrected chi connectivity index (χ1v) is 10.7. The summed E-state index contributed by atoms with van der Waals surface area (Å²) < 4.78 is 19.3. The van der Waals surface area contributed by atoms with E-state index < -0.39 is 29.5 Å². The van der Waals surface area contributed by atoms with Crippen LogP contribution >= 0.6 is 11.8 Å². The molecule has 0 aliphatic carbocycles. The minimum absolute atomic E-state index is 0.00837. The van der Waals surface area contributed by atoms with Crippen molar-refractivity contribution in [2.75, 3.05) is 12.9 Å². The van der Waals surface area contributed by atoms with E-state index in [9.17, 15) is 24.0 Å². The third-order valence-electron chi connectivity index (χ3n) is 4.90. The van der Waals surface area contributed by atoms with Crippen molar-refractivity contribution in [3.63, 3.8) is 0 Å². The molecule has 0 radical (unpaired) electrons. The maximum Gasteiger partial charge on any atom is 0.319 e. The van der Waals surface area contributed by atoms with Gasteiger partial charge in [0.2, 0.25) is 11.8 Å². The highest BCUT2D eigenvalue weighted by Gasteiger charge is 2.45. The lowest BCUT2D eigenvalue weighted by Gasteiger charge is -2.31. The summed E-state index contributed by atoms with van der Waals surface area (Å²) in [6.07, 6.45) is 0. The minimum Gasteiger partial charge on any atom is -0.468 e. The van der Waals surface area contributed by atoms with Crippen molar-refractivity contribution in [2.24, 2.45) is 5.92 Å². The number of benzene rings is 2. The van der Waals surface area contributed by atoms with E-state index in [4.69, 9.17) is 4.74 Å². The molecule has 7 nitrogen and oxygen atoms in total. The van der Waals surface area contributed by atoms with Crippen LogP contribution in [0.1, 0.15) is 17.0 Å². The molecule has 2 atom stereocenters. The molecule has 0 saturated heterocycles. The number of ether oxygens (including phenoxy) is 1. The number of nitrogens with zero attached hydrogens (tertiary/aromatic N) is 1. The molecule has 0 saturated carbocycles. The van der Waals surface area contributed by atoms with Crippen LogP contribution in [0.3, 0.4) is 0 Å². The molecule has 2 aromatic carbocycles. The summed E-state index contributed by atoms with van der Waals surface area (Å²) in [5.41, 5.74) is 0.946. The van der Waals surface area contributed by atoms with E-state index in [1.54, 1.807) is 6.07 Å². The molecule has 0 spiro atoms. The molecule has 2 aromatic rings. The number of nitriles is 1. The van der Waals surface area contributed by atoms with Gasteiger partial charge in [-0.15, -0.1) is 0 Å². The van der Waals surface area contributed by atoms with Crippen molar-refractivity contribution in [3.8, 4) is 6.07 Å². The van der Waals surface area contributed by atoms with E-state index in [2.05, 4.69) is 10.6 Å². The Hall–Kier alpha value is -3.64. The fourth-order valence-corrected chi connectivity index (χ4v) is 4.25. The van der Waals surface area contributed by atoms with E-state index in [-0.39, 0.29) is 27.8 Å². The summed E-state index contributed by atoms with van der Waals surface area (Å²) in [4.78, 5) is 37.3. The monoisotopic (exact) mass is 453 g/mol. The maximum atomic E-state index is 14.6. The Kier molecular flexibility index (Phi) is 7.63. The zero-order valence-electron chi connectivity index (χ0n) is 17.1. The van der Waals surface area contributed by atoms with Crippen LogP contribution in [0.15, 0.2) is 65.2 Å². The van der Waals surface area contributed by atoms with Gasteiger partial charge in [-0.1, -0.05) is 60.3 Å². The first kappa shape index (κ1) is 23.0. The Morgan fingerprint density at radius 1 is 1.19 bits per heavy atom. The Labute approximate surface area is 188 Å². The standard InChI is InChI=1S/C23H20FN3O4S/c1-31-23(30)20-19(15-9-5-6-10-17(15)24)16(11-25)22(27-21(20)29)32-13-18(28)26-12-14-7-3-2-4-8-14/h2-10,19-20H,12-13H2,1H3,(H,26,28)(H,27,29)/t19-,20-/m0/s1. The summed E-state index contributed by atoms with van der Waals surface area (Å²) in [7, 11) is 1.12. The van der Waals surface area contributed by atoms with Gasteiger partial charge in [-0.05, 0) is 17.2 Å². The topological polar surface area (TPSA) is 108 Å². The minimum atomic E-state index is -1.43. The molecule has 1 aliphatic heterocycles. The SMILES string of the molecule is COC(=O)[C@@H]1C(=O)NC(SCC(=O)NCc2ccccc2)=C(C#N)[C@@H]1c1ccccc1F. The number of rotatable bonds is 7. The molecule has 3 rings (SSSR count). The van der Waals surface area contributed by atoms with Crippen LogP contribution in [-0.2, 0) is 25.7 Å². The first-order chi connectivity index (χ1) is 15.5. The summed E-state index contributed by atoms with van der Waals surface area (Å²) >= 11 is 0.941.